The first-order chi connectivity index (χ1) is 6.66. The van der Waals surface area contributed by atoms with Gasteiger partial charge < -0.3 is 19.6 Å². The molecule has 0 aliphatic rings. The van der Waals surface area contributed by atoms with E-state index in [4.69, 9.17) is 21.7 Å². The molecule has 0 unspecified atom stereocenters. The minimum atomic E-state index is -0.190. The van der Waals surface area contributed by atoms with E-state index in [-0.39, 0.29) is 16.3 Å². The maximum atomic E-state index is 9.24. The van der Waals surface area contributed by atoms with Crippen molar-refractivity contribution in [2.75, 3.05) is 0 Å². The van der Waals surface area contributed by atoms with Gasteiger partial charge in [-0.1, -0.05) is 0 Å². The number of oxazole rings is 1. The molecule has 3 N–H and O–H groups in total. The predicted molar refractivity (Wildman–Crippen MR) is 52.7 cm³/mol. The molecule has 0 aliphatic carbocycles. The molecule has 0 amide bonds. The van der Waals surface area contributed by atoms with Crippen molar-refractivity contribution in [2.24, 2.45) is 0 Å². The van der Waals surface area contributed by atoms with Crippen molar-refractivity contribution in [3.63, 3.8) is 0 Å². The van der Waals surface area contributed by atoms with Crippen LogP contribution in [0.4, 0.5) is 0 Å². The average molecular weight is 209 g/mol. The molecule has 0 saturated heterocycles. The molecule has 1 heterocycles. The maximum Gasteiger partial charge on any atom is 0.266 e. The molecular weight excluding hydrogens is 202 g/mol. The summed E-state index contributed by atoms with van der Waals surface area (Å²) in [6.07, 6.45) is 1.59. The molecule has 2 rings (SSSR count). The summed E-state index contributed by atoms with van der Waals surface area (Å²) in [5.74, 6) is 0.165. The van der Waals surface area contributed by atoms with Crippen LogP contribution in [0.3, 0.4) is 0 Å². The van der Waals surface area contributed by atoms with Crippen LogP contribution in [0.25, 0.3) is 11.3 Å². The third-order valence-corrected chi connectivity index (χ3v) is 1.98. The number of hydrogen-bond donors (Lipinski definition) is 3. The highest BCUT2D eigenvalue weighted by atomic mass is 32.1. The Morgan fingerprint density at radius 2 is 2.00 bits per heavy atom. The molecule has 0 bridgehead atoms. The Morgan fingerprint density at radius 3 is 2.57 bits per heavy atom. The van der Waals surface area contributed by atoms with Gasteiger partial charge in [-0.15, -0.1) is 0 Å². The van der Waals surface area contributed by atoms with Gasteiger partial charge in [0.25, 0.3) is 4.84 Å². The Kier molecular flexibility index (Phi) is 2.01. The molecule has 4 nitrogen and oxygen atoms in total. The van der Waals surface area contributed by atoms with Gasteiger partial charge >= 0.3 is 0 Å². The van der Waals surface area contributed by atoms with Gasteiger partial charge in [-0.05, 0) is 30.4 Å². The van der Waals surface area contributed by atoms with E-state index in [2.05, 4.69) is 4.98 Å². The minimum Gasteiger partial charge on any atom is -0.504 e. The molecule has 5 heteroatoms. The number of H-pyrrole nitrogens is 1. The Labute approximate surface area is 84.4 Å². The molecule has 2 aromatic rings. The molecule has 1 aromatic heterocycles. The molecule has 14 heavy (non-hydrogen) atoms. The fourth-order valence-corrected chi connectivity index (χ4v) is 1.25. The summed E-state index contributed by atoms with van der Waals surface area (Å²) in [7, 11) is 0. The Hall–Kier alpha value is -1.75. The van der Waals surface area contributed by atoms with E-state index in [0.717, 1.165) is 0 Å². The van der Waals surface area contributed by atoms with Gasteiger partial charge in [-0.3, -0.25) is 0 Å². The molecule has 0 saturated carbocycles. The van der Waals surface area contributed by atoms with Crippen LogP contribution in [0.5, 0.6) is 11.5 Å². The second-order valence-corrected chi connectivity index (χ2v) is 3.12. The third-order valence-electron chi connectivity index (χ3n) is 1.78. The first-order valence-corrected chi connectivity index (χ1v) is 4.28. The van der Waals surface area contributed by atoms with E-state index in [9.17, 15) is 5.11 Å². The lowest BCUT2D eigenvalue weighted by atomic mass is 10.1. The van der Waals surface area contributed by atoms with Gasteiger partial charge in [0.1, 0.15) is 0 Å². The molecule has 0 radical (unpaired) electrons. The molecule has 0 fully saturated rings. The zero-order valence-electron chi connectivity index (χ0n) is 7.02. The van der Waals surface area contributed by atoms with Crippen LogP contribution in [-0.2, 0) is 0 Å². The molecule has 0 aliphatic heterocycles. The van der Waals surface area contributed by atoms with E-state index >= 15 is 0 Å². The summed E-state index contributed by atoms with van der Waals surface area (Å²) in [5.41, 5.74) is 0.646. The smallest absolute Gasteiger partial charge is 0.266 e. The maximum absolute atomic E-state index is 9.24. The number of phenols is 2. The lowest BCUT2D eigenvalue weighted by molar-refractivity contribution is 0.404. The summed E-state index contributed by atoms with van der Waals surface area (Å²) < 4.78 is 5.13. The fraction of sp³-hybridized carbons (Fsp3) is 0. The number of aromatic nitrogens is 1. The van der Waals surface area contributed by atoms with E-state index in [1.165, 1.54) is 12.1 Å². The highest BCUT2D eigenvalue weighted by molar-refractivity contribution is 7.71. The second-order valence-electron chi connectivity index (χ2n) is 2.75. The number of nitrogens with one attached hydrogen (secondary N) is 1. The third kappa shape index (κ3) is 1.49. The summed E-state index contributed by atoms with van der Waals surface area (Å²) in [5, 5.41) is 18.3. The Morgan fingerprint density at radius 1 is 1.21 bits per heavy atom. The lowest BCUT2D eigenvalue weighted by Gasteiger charge is -1.99. The van der Waals surface area contributed by atoms with Crippen molar-refractivity contribution in [3.05, 3.63) is 29.2 Å². The number of aromatic amines is 1. The zero-order valence-corrected chi connectivity index (χ0v) is 7.84. The van der Waals surface area contributed by atoms with E-state index < -0.39 is 0 Å². The first-order valence-electron chi connectivity index (χ1n) is 3.87. The summed E-state index contributed by atoms with van der Waals surface area (Å²) in [6.45, 7) is 0. The van der Waals surface area contributed by atoms with E-state index in [1.807, 2.05) is 0 Å². The summed E-state index contributed by atoms with van der Waals surface area (Å²) in [4.78, 5) is 2.98. The van der Waals surface area contributed by atoms with E-state index in [1.54, 1.807) is 12.3 Å². The first kappa shape index (κ1) is 8.83. The van der Waals surface area contributed by atoms with Crippen LogP contribution in [0.2, 0.25) is 0 Å². The molecule has 0 spiro atoms. The van der Waals surface area contributed by atoms with Crippen molar-refractivity contribution in [1.82, 2.24) is 4.98 Å². The Balaban J connectivity index is 2.52. The van der Waals surface area contributed by atoms with Crippen LogP contribution in [-0.4, -0.2) is 15.2 Å². The van der Waals surface area contributed by atoms with Gasteiger partial charge in [0, 0.05) is 11.8 Å². The number of hydrogen-bond acceptors (Lipinski definition) is 4. The van der Waals surface area contributed by atoms with E-state index in [0.29, 0.717) is 11.3 Å². The summed E-state index contributed by atoms with van der Waals surface area (Å²) in [6, 6.07) is 4.41. The van der Waals surface area contributed by atoms with Crippen molar-refractivity contribution < 1.29 is 14.6 Å². The quantitative estimate of drug-likeness (QED) is 0.498. The largest absolute Gasteiger partial charge is 0.504 e. The van der Waals surface area contributed by atoms with Gasteiger partial charge in [0.2, 0.25) is 0 Å². The van der Waals surface area contributed by atoms with Crippen molar-refractivity contribution in [3.8, 4) is 22.8 Å². The van der Waals surface area contributed by atoms with Gasteiger partial charge in [-0.25, -0.2) is 0 Å². The number of phenolic OH excluding ortho intramolecular Hbond substituents is 2. The van der Waals surface area contributed by atoms with Crippen molar-refractivity contribution in [1.29, 1.82) is 0 Å². The Bertz CT molecular complexity index is 515. The number of aromatic hydroxyl groups is 2. The van der Waals surface area contributed by atoms with Crippen molar-refractivity contribution >= 4 is 12.2 Å². The monoisotopic (exact) mass is 209 g/mol. The van der Waals surface area contributed by atoms with Gasteiger partial charge in [0.15, 0.2) is 17.3 Å². The normalized spacial score (nSPS) is 10.3. The van der Waals surface area contributed by atoms with Crippen LogP contribution in [0, 0.1) is 4.84 Å². The average Bonchev–Trinajstić information content (AvgIpc) is 2.57. The molecule has 1 aromatic carbocycles. The topological polar surface area (TPSA) is 69.4 Å². The van der Waals surface area contributed by atoms with Crippen LogP contribution in [0.1, 0.15) is 0 Å². The molecule has 72 valence electrons. The number of benzene rings is 1. The summed E-state index contributed by atoms with van der Waals surface area (Å²) >= 11 is 4.76. The van der Waals surface area contributed by atoms with Crippen LogP contribution < -0.4 is 0 Å². The standard InChI is InChI=1S/C9H7NO3S/c11-6-2-1-5(3-7(6)12)8-4-10-9(14)13-8/h1-4,11-12H,(H,10,14). The van der Waals surface area contributed by atoms with Gasteiger partial charge in [0.05, 0.1) is 0 Å². The molecule has 0 atom stereocenters. The molecular formula is C9H7NO3S. The highest BCUT2D eigenvalue weighted by Crippen LogP contribution is 2.30. The SMILES string of the molecule is Oc1ccc(-c2c[nH]c(=S)o2)cc1O. The van der Waals surface area contributed by atoms with Crippen LogP contribution in [0.15, 0.2) is 28.8 Å². The second kappa shape index (κ2) is 3.19. The highest BCUT2D eigenvalue weighted by Gasteiger charge is 2.05. The van der Waals surface area contributed by atoms with Crippen LogP contribution >= 0.6 is 12.2 Å². The van der Waals surface area contributed by atoms with Crippen molar-refractivity contribution in [2.45, 2.75) is 0 Å². The predicted octanol–water partition coefficient (Wildman–Crippen LogP) is 2.42. The minimum absolute atomic E-state index is 0.164. The fourth-order valence-electron chi connectivity index (χ4n) is 1.10. The lowest BCUT2D eigenvalue weighted by Crippen LogP contribution is -1.74. The zero-order chi connectivity index (χ0) is 10.1. The van der Waals surface area contributed by atoms with Gasteiger partial charge in [-0.2, -0.15) is 0 Å². The number of rotatable bonds is 1.